The third-order valence-electron chi connectivity index (χ3n) is 2.12. The molecule has 1 heterocycles. The third-order valence-corrected chi connectivity index (χ3v) is 2.94. The van der Waals surface area contributed by atoms with Crippen molar-refractivity contribution in [2.75, 3.05) is 0 Å². The Hall–Kier alpha value is -0.890. The number of nitrogens with zero attached hydrogens (tertiary/aromatic N) is 1. The first-order valence-corrected chi connectivity index (χ1v) is 6.03. The van der Waals surface area contributed by atoms with Crippen LogP contribution < -0.4 is 0 Å². The highest BCUT2D eigenvalue weighted by Crippen LogP contribution is 2.31. The van der Waals surface area contributed by atoms with Crippen molar-refractivity contribution in [1.29, 1.82) is 0 Å². The summed E-state index contributed by atoms with van der Waals surface area (Å²) >= 11 is 1.58. The molecule has 1 nitrogen and oxygen atoms in total. The number of hydrogen-bond acceptors (Lipinski definition) is 2. The van der Waals surface area contributed by atoms with Crippen LogP contribution in [0, 0.1) is 0 Å². The Morgan fingerprint density at radius 1 is 1.07 bits per heavy atom. The van der Waals surface area contributed by atoms with E-state index >= 15 is 0 Å². The second-order valence-corrected chi connectivity index (χ2v) is 5.36. The van der Waals surface area contributed by atoms with Gasteiger partial charge in [-0.1, -0.05) is 39.0 Å². The molecule has 0 aliphatic carbocycles. The first-order valence-electron chi connectivity index (χ1n) is 5.26. The van der Waals surface area contributed by atoms with Gasteiger partial charge in [-0.05, 0) is 31.5 Å². The van der Waals surface area contributed by atoms with Gasteiger partial charge in [0.15, 0.2) is 0 Å². The molecule has 0 N–H and O–H groups in total. The first kappa shape index (κ1) is 12.2. The van der Waals surface area contributed by atoms with Crippen LogP contribution in [0.3, 0.4) is 0 Å². The van der Waals surface area contributed by atoms with E-state index in [1.165, 1.54) is 16.1 Å². The van der Waals surface area contributed by atoms with E-state index in [0.29, 0.717) is 0 Å². The third kappa shape index (κ3) is 2.78. The smallest absolute Gasteiger partial charge is 0.0674 e. The Labute approximate surface area is 96.7 Å². The van der Waals surface area contributed by atoms with Gasteiger partial charge in [0.2, 0.25) is 0 Å². The molecule has 0 spiro atoms. The Bertz CT molecular complexity index is 378. The zero-order chi connectivity index (χ0) is 11.5. The van der Waals surface area contributed by atoms with Gasteiger partial charge in [0, 0.05) is 11.0 Å². The molecule has 0 unspecified atom stereocenters. The summed E-state index contributed by atoms with van der Waals surface area (Å²) in [5, 5.41) is 0. The maximum atomic E-state index is 4.56. The molecular weight excluding hydrogens is 202 g/mol. The van der Waals surface area contributed by atoms with Crippen molar-refractivity contribution in [2.45, 2.75) is 40.0 Å². The van der Waals surface area contributed by atoms with Crippen LogP contribution in [-0.2, 0) is 5.41 Å². The highest BCUT2D eigenvalue weighted by molar-refractivity contribution is 7.07. The lowest BCUT2D eigenvalue weighted by atomic mass is 9.88. The van der Waals surface area contributed by atoms with Crippen molar-refractivity contribution >= 4 is 23.7 Å². The number of hydrogen-bond donors (Lipinski definition) is 0. The Kier molecular flexibility index (Phi) is 3.86. The van der Waals surface area contributed by atoms with Crippen LogP contribution in [0.4, 0.5) is 0 Å². The van der Waals surface area contributed by atoms with Crippen LogP contribution in [0.15, 0.2) is 12.2 Å². The lowest BCUT2D eigenvalue weighted by molar-refractivity contribution is 0.574. The van der Waals surface area contributed by atoms with Gasteiger partial charge < -0.3 is 0 Å². The molecule has 0 bridgehead atoms. The Morgan fingerprint density at radius 2 is 1.67 bits per heavy atom. The summed E-state index contributed by atoms with van der Waals surface area (Å²) in [6.45, 7) is 10.7. The molecule has 15 heavy (non-hydrogen) atoms. The predicted molar refractivity (Wildman–Crippen MR) is 70.2 cm³/mol. The van der Waals surface area contributed by atoms with Crippen molar-refractivity contribution in [3.8, 4) is 0 Å². The molecule has 2 heteroatoms. The lowest BCUT2D eigenvalue weighted by Gasteiger charge is -2.16. The van der Waals surface area contributed by atoms with Crippen LogP contribution in [0.1, 0.15) is 50.8 Å². The summed E-state index contributed by atoms with van der Waals surface area (Å²) in [4.78, 5) is 1.25. The quantitative estimate of drug-likeness (QED) is 0.716. The maximum absolute atomic E-state index is 4.56. The average molecular weight is 221 g/mol. The standard InChI is InChI=1S/C13H19NS/c1-6-8-10-11(9-7-2)15-14-12(10)13(3,4)5/h6-9H,1-5H3/b8-6-,9-7-. The largest absolute Gasteiger partial charge is 0.196 e. The fourth-order valence-corrected chi connectivity index (χ4v) is 2.47. The first-order chi connectivity index (χ1) is 7.00. The van der Waals surface area contributed by atoms with E-state index in [1.54, 1.807) is 11.5 Å². The van der Waals surface area contributed by atoms with Crippen LogP contribution in [0.2, 0.25) is 0 Å². The van der Waals surface area contributed by atoms with E-state index < -0.39 is 0 Å². The van der Waals surface area contributed by atoms with Gasteiger partial charge in [-0.15, -0.1) is 0 Å². The van der Waals surface area contributed by atoms with E-state index in [1.807, 2.05) is 13.8 Å². The molecule has 0 aliphatic rings. The molecule has 1 aromatic heterocycles. The van der Waals surface area contributed by atoms with Crippen LogP contribution >= 0.6 is 11.5 Å². The van der Waals surface area contributed by atoms with E-state index in [-0.39, 0.29) is 5.41 Å². The zero-order valence-corrected chi connectivity index (χ0v) is 11.0. The lowest BCUT2D eigenvalue weighted by Crippen LogP contribution is -2.13. The molecule has 0 radical (unpaired) electrons. The average Bonchev–Trinajstić information content (AvgIpc) is 2.49. The van der Waals surface area contributed by atoms with Gasteiger partial charge in [0.1, 0.15) is 0 Å². The zero-order valence-electron chi connectivity index (χ0n) is 10.2. The van der Waals surface area contributed by atoms with E-state index in [9.17, 15) is 0 Å². The van der Waals surface area contributed by atoms with E-state index in [0.717, 1.165) is 0 Å². The van der Waals surface area contributed by atoms with E-state index in [2.05, 4.69) is 49.4 Å². The number of allylic oxidation sites excluding steroid dienone is 2. The highest BCUT2D eigenvalue weighted by atomic mass is 32.1. The highest BCUT2D eigenvalue weighted by Gasteiger charge is 2.21. The van der Waals surface area contributed by atoms with E-state index in [4.69, 9.17) is 0 Å². The normalized spacial score (nSPS) is 13.1. The molecule has 82 valence electrons. The van der Waals surface area contributed by atoms with Crippen molar-refractivity contribution < 1.29 is 0 Å². The molecule has 0 amide bonds. The van der Waals surface area contributed by atoms with Crippen LogP contribution in [0.25, 0.3) is 12.2 Å². The summed E-state index contributed by atoms with van der Waals surface area (Å²) in [5.41, 5.74) is 2.58. The summed E-state index contributed by atoms with van der Waals surface area (Å²) in [6, 6.07) is 0. The monoisotopic (exact) mass is 221 g/mol. The van der Waals surface area contributed by atoms with Gasteiger partial charge in [-0.3, -0.25) is 0 Å². The summed E-state index contributed by atoms with van der Waals surface area (Å²) in [7, 11) is 0. The second kappa shape index (κ2) is 4.75. The van der Waals surface area contributed by atoms with Gasteiger partial charge >= 0.3 is 0 Å². The SMILES string of the molecule is C/C=C\c1snc(C(C)(C)C)c1/C=C\C. The summed E-state index contributed by atoms with van der Waals surface area (Å²) in [6.07, 6.45) is 8.42. The van der Waals surface area contributed by atoms with Gasteiger partial charge in [-0.25, -0.2) is 0 Å². The fraction of sp³-hybridized carbons (Fsp3) is 0.462. The van der Waals surface area contributed by atoms with Crippen LogP contribution in [0.5, 0.6) is 0 Å². The predicted octanol–water partition coefficient (Wildman–Crippen LogP) is 4.51. The van der Waals surface area contributed by atoms with Crippen molar-refractivity contribution in [3.05, 3.63) is 28.3 Å². The molecule has 0 fully saturated rings. The van der Waals surface area contributed by atoms with Gasteiger partial charge in [0.05, 0.1) is 10.6 Å². The van der Waals surface area contributed by atoms with Crippen molar-refractivity contribution in [2.24, 2.45) is 0 Å². The van der Waals surface area contributed by atoms with Crippen molar-refractivity contribution in [1.82, 2.24) is 4.37 Å². The topological polar surface area (TPSA) is 12.9 Å². The Balaban J connectivity index is 3.30. The molecule has 1 aromatic rings. The second-order valence-electron chi connectivity index (χ2n) is 4.56. The molecular formula is C13H19NS. The summed E-state index contributed by atoms with van der Waals surface area (Å²) < 4.78 is 4.56. The van der Waals surface area contributed by atoms with Crippen LogP contribution in [-0.4, -0.2) is 4.37 Å². The van der Waals surface area contributed by atoms with Gasteiger partial charge in [-0.2, -0.15) is 4.37 Å². The molecule has 0 saturated heterocycles. The minimum Gasteiger partial charge on any atom is -0.196 e. The molecule has 0 aliphatic heterocycles. The minimum atomic E-state index is 0.116. The molecule has 0 saturated carbocycles. The summed E-state index contributed by atoms with van der Waals surface area (Å²) in [5.74, 6) is 0. The Morgan fingerprint density at radius 3 is 2.13 bits per heavy atom. The fourth-order valence-electron chi connectivity index (χ4n) is 1.45. The van der Waals surface area contributed by atoms with Gasteiger partial charge in [0.25, 0.3) is 0 Å². The minimum absolute atomic E-state index is 0.116. The molecule has 0 atom stereocenters. The molecule has 1 rings (SSSR count). The number of rotatable bonds is 2. The van der Waals surface area contributed by atoms with Crippen molar-refractivity contribution in [3.63, 3.8) is 0 Å². The maximum Gasteiger partial charge on any atom is 0.0674 e. The molecule has 0 aromatic carbocycles. The number of aromatic nitrogens is 1.